The molecule has 0 aliphatic carbocycles. The molecule has 0 aliphatic heterocycles. The average molecular weight is 288 g/mol. The van der Waals surface area contributed by atoms with Crippen molar-refractivity contribution in [3.8, 4) is 0 Å². The zero-order valence-corrected chi connectivity index (χ0v) is 11.5. The maximum atomic E-state index is 10.8. The van der Waals surface area contributed by atoms with E-state index in [1.165, 1.54) is 0 Å². The van der Waals surface area contributed by atoms with E-state index in [1.807, 2.05) is 24.3 Å². The minimum atomic E-state index is -1.01. The van der Waals surface area contributed by atoms with E-state index in [0.717, 1.165) is 11.1 Å². The van der Waals surface area contributed by atoms with Gasteiger partial charge in [-0.2, -0.15) is 0 Å². The van der Waals surface area contributed by atoms with E-state index >= 15 is 0 Å². The second kappa shape index (κ2) is 6.71. The second-order valence-electron chi connectivity index (χ2n) is 4.59. The van der Waals surface area contributed by atoms with Gasteiger partial charge in [0.1, 0.15) is 6.04 Å². The van der Waals surface area contributed by atoms with Gasteiger partial charge in [0.25, 0.3) is 5.95 Å². The van der Waals surface area contributed by atoms with Crippen molar-refractivity contribution in [2.24, 2.45) is 5.73 Å². The number of hydrogen-bond donors (Lipinski definition) is 3. The van der Waals surface area contributed by atoms with Gasteiger partial charge in [-0.25, -0.2) is 0 Å². The van der Waals surface area contributed by atoms with Gasteiger partial charge in [-0.3, -0.25) is 4.79 Å². The van der Waals surface area contributed by atoms with Gasteiger partial charge < -0.3 is 16.2 Å². The summed E-state index contributed by atoms with van der Waals surface area (Å²) in [4.78, 5) is 10.8. The Morgan fingerprint density at radius 3 is 2.62 bits per heavy atom. The van der Waals surface area contributed by atoms with Crippen molar-refractivity contribution in [3.05, 3.63) is 41.2 Å². The molecule has 0 bridgehead atoms. The smallest absolute Gasteiger partial charge is 0.320 e. The fourth-order valence-electron chi connectivity index (χ4n) is 1.74. The molecule has 1 aromatic carbocycles. The van der Waals surface area contributed by atoms with Crippen molar-refractivity contribution in [2.45, 2.75) is 25.9 Å². The predicted octanol–water partition coefficient (Wildman–Crippen LogP) is 0.142. The number of carboxylic acids is 1. The number of anilines is 1. The number of aryl methyl sites for hydroxylation is 1. The molecular formula is C13H16N6O2. The quantitative estimate of drug-likeness (QED) is 0.685. The maximum absolute atomic E-state index is 10.8. The highest BCUT2D eigenvalue weighted by molar-refractivity contribution is 5.73. The highest BCUT2D eigenvalue weighted by atomic mass is 16.4. The Balaban J connectivity index is 1.97. The normalized spacial score (nSPS) is 11.9. The van der Waals surface area contributed by atoms with Gasteiger partial charge in [0.2, 0.25) is 0 Å². The van der Waals surface area contributed by atoms with Gasteiger partial charge in [-0.05, 0) is 24.5 Å². The predicted molar refractivity (Wildman–Crippen MR) is 75.4 cm³/mol. The van der Waals surface area contributed by atoms with Crippen LogP contribution in [0, 0.1) is 6.92 Å². The summed E-state index contributed by atoms with van der Waals surface area (Å²) in [6.07, 6.45) is 0.285. The minimum absolute atomic E-state index is 0.285. The Labute approximate surface area is 121 Å². The summed E-state index contributed by atoms with van der Waals surface area (Å²) >= 11 is 0. The third kappa shape index (κ3) is 4.46. The lowest BCUT2D eigenvalue weighted by Gasteiger charge is -2.09. The van der Waals surface area contributed by atoms with Gasteiger partial charge in [0.05, 0.1) is 0 Å². The van der Waals surface area contributed by atoms with Crippen molar-refractivity contribution in [3.63, 3.8) is 0 Å². The van der Waals surface area contributed by atoms with Gasteiger partial charge >= 0.3 is 5.97 Å². The average Bonchev–Trinajstić information content (AvgIpc) is 2.47. The molecule has 2 rings (SSSR count). The number of hydrogen-bond acceptors (Lipinski definition) is 7. The van der Waals surface area contributed by atoms with Crippen molar-refractivity contribution >= 4 is 11.9 Å². The van der Waals surface area contributed by atoms with Gasteiger partial charge in [0, 0.05) is 6.54 Å². The monoisotopic (exact) mass is 288 g/mol. The number of aliphatic carboxylic acids is 1. The molecule has 1 aromatic heterocycles. The van der Waals surface area contributed by atoms with Crippen molar-refractivity contribution in [1.29, 1.82) is 0 Å². The third-order valence-electron chi connectivity index (χ3n) is 2.79. The standard InChI is InChI=1S/C13H16N6O2/c1-8-16-18-13(19-17-8)15-7-10-4-2-3-9(5-10)6-11(14)12(20)21/h2-5,11H,6-7,14H2,1H3,(H,20,21)(H,15,18,19)/t11-/m0/s1. The lowest BCUT2D eigenvalue weighted by Crippen LogP contribution is -2.32. The molecule has 0 radical (unpaired) electrons. The molecule has 8 heteroatoms. The Morgan fingerprint density at radius 2 is 1.95 bits per heavy atom. The van der Waals surface area contributed by atoms with Gasteiger partial charge in [-0.15, -0.1) is 20.4 Å². The lowest BCUT2D eigenvalue weighted by atomic mass is 10.0. The second-order valence-corrected chi connectivity index (χ2v) is 4.59. The number of carboxylic acid groups (broad SMARTS) is 1. The van der Waals surface area contributed by atoms with Crippen LogP contribution in [0.2, 0.25) is 0 Å². The van der Waals surface area contributed by atoms with Crippen LogP contribution in [0.1, 0.15) is 17.0 Å². The molecule has 21 heavy (non-hydrogen) atoms. The molecule has 0 spiro atoms. The number of nitrogens with one attached hydrogen (secondary N) is 1. The van der Waals surface area contributed by atoms with Crippen LogP contribution in [0.5, 0.6) is 0 Å². The van der Waals surface area contributed by atoms with Crippen LogP contribution >= 0.6 is 0 Å². The van der Waals surface area contributed by atoms with Crippen LogP contribution in [-0.4, -0.2) is 37.5 Å². The maximum Gasteiger partial charge on any atom is 0.320 e. The molecule has 110 valence electrons. The fraction of sp³-hybridized carbons (Fsp3) is 0.308. The van der Waals surface area contributed by atoms with E-state index in [4.69, 9.17) is 10.8 Å². The first-order chi connectivity index (χ1) is 10.0. The van der Waals surface area contributed by atoms with Crippen LogP contribution in [-0.2, 0) is 17.8 Å². The Kier molecular flexibility index (Phi) is 4.72. The number of rotatable bonds is 6. The van der Waals surface area contributed by atoms with E-state index in [2.05, 4.69) is 25.7 Å². The van der Waals surface area contributed by atoms with Crippen LogP contribution in [0.3, 0.4) is 0 Å². The van der Waals surface area contributed by atoms with E-state index in [1.54, 1.807) is 6.92 Å². The first-order valence-corrected chi connectivity index (χ1v) is 6.38. The molecule has 2 aromatic rings. The van der Waals surface area contributed by atoms with Crippen LogP contribution in [0.25, 0.3) is 0 Å². The van der Waals surface area contributed by atoms with E-state index in [0.29, 0.717) is 18.3 Å². The summed E-state index contributed by atoms with van der Waals surface area (Å²) in [5.41, 5.74) is 7.36. The molecule has 0 amide bonds. The first kappa shape index (κ1) is 14.8. The SMILES string of the molecule is Cc1nnc(NCc2cccc(C[C@H](N)C(=O)O)c2)nn1. The largest absolute Gasteiger partial charge is 0.480 e. The number of nitrogens with two attached hydrogens (primary N) is 1. The number of nitrogens with zero attached hydrogens (tertiary/aromatic N) is 4. The molecule has 0 saturated heterocycles. The zero-order chi connectivity index (χ0) is 15.2. The number of benzene rings is 1. The van der Waals surface area contributed by atoms with Gasteiger partial charge in [0.15, 0.2) is 5.82 Å². The fourth-order valence-corrected chi connectivity index (χ4v) is 1.74. The molecule has 0 saturated carbocycles. The number of carbonyl (C=O) groups is 1. The van der Waals surface area contributed by atoms with E-state index in [-0.39, 0.29) is 6.42 Å². The highest BCUT2D eigenvalue weighted by Gasteiger charge is 2.12. The molecule has 4 N–H and O–H groups in total. The lowest BCUT2D eigenvalue weighted by molar-refractivity contribution is -0.138. The molecule has 1 heterocycles. The summed E-state index contributed by atoms with van der Waals surface area (Å²) in [7, 11) is 0. The van der Waals surface area contributed by atoms with E-state index in [9.17, 15) is 4.79 Å². The Bertz CT molecular complexity index is 616. The minimum Gasteiger partial charge on any atom is -0.480 e. The summed E-state index contributed by atoms with van der Waals surface area (Å²) in [6, 6.07) is 6.61. The molecule has 0 unspecified atom stereocenters. The summed E-state index contributed by atoms with van der Waals surface area (Å²) < 4.78 is 0. The summed E-state index contributed by atoms with van der Waals surface area (Å²) in [6.45, 7) is 2.20. The molecule has 1 atom stereocenters. The first-order valence-electron chi connectivity index (χ1n) is 6.38. The van der Waals surface area contributed by atoms with Crippen molar-refractivity contribution in [1.82, 2.24) is 20.4 Å². The zero-order valence-electron chi connectivity index (χ0n) is 11.5. The molecular weight excluding hydrogens is 272 g/mol. The summed E-state index contributed by atoms with van der Waals surface area (Å²) in [5.74, 6) is -0.165. The molecule has 8 nitrogen and oxygen atoms in total. The molecule has 0 aliphatic rings. The van der Waals surface area contributed by atoms with E-state index < -0.39 is 12.0 Å². The third-order valence-corrected chi connectivity index (χ3v) is 2.79. The van der Waals surface area contributed by atoms with Crippen LogP contribution < -0.4 is 11.1 Å². The summed E-state index contributed by atoms with van der Waals surface area (Å²) in [5, 5.41) is 27.1. The van der Waals surface area contributed by atoms with Crippen LogP contribution in [0.15, 0.2) is 24.3 Å². The van der Waals surface area contributed by atoms with Gasteiger partial charge in [-0.1, -0.05) is 24.3 Å². The highest BCUT2D eigenvalue weighted by Crippen LogP contribution is 2.09. The topological polar surface area (TPSA) is 127 Å². The Morgan fingerprint density at radius 1 is 1.29 bits per heavy atom. The Hall–Kier alpha value is -2.61. The number of aromatic nitrogens is 4. The molecule has 0 fully saturated rings. The van der Waals surface area contributed by atoms with Crippen molar-refractivity contribution < 1.29 is 9.90 Å². The van der Waals surface area contributed by atoms with Crippen molar-refractivity contribution in [2.75, 3.05) is 5.32 Å². The van der Waals surface area contributed by atoms with Crippen LogP contribution in [0.4, 0.5) is 5.95 Å².